The highest BCUT2D eigenvalue weighted by molar-refractivity contribution is 4.87. The third-order valence-corrected chi connectivity index (χ3v) is 1.34. The van der Waals surface area contributed by atoms with Crippen LogP contribution < -0.4 is 0 Å². The van der Waals surface area contributed by atoms with Crippen LogP contribution in [0.1, 0.15) is 14.4 Å². The lowest BCUT2D eigenvalue weighted by atomic mass is 10.6. The fourth-order valence-electron chi connectivity index (χ4n) is 0.794. The Labute approximate surface area is 57.8 Å². The van der Waals surface area contributed by atoms with E-state index in [1.54, 1.807) is 0 Å². The van der Waals surface area contributed by atoms with Gasteiger partial charge in [0.15, 0.2) is 0 Å². The van der Waals surface area contributed by atoms with Crippen LogP contribution in [0, 0.1) is 0 Å². The van der Waals surface area contributed by atoms with Crippen molar-refractivity contribution in [3.05, 3.63) is 12.4 Å². The standard InChI is InChI=1S/C6H12N2.CH4/c1-3-8-5-4-7(2)6-8;/h4-5H,3,6H2,1-2H3;1H4. The third kappa shape index (κ3) is 1.96. The van der Waals surface area contributed by atoms with Gasteiger partial charge in [-0.1, -0.05) is 7.43 Å². The van der Waals surface area contributed by atoms with Crippen molar-refractivity contribution >= 4 is 0 Å². The largest absolute Gasteiger partial charge is 0.362 e. The maximum atomic E-state index is 2.25. The predicted octanol–water partition coefficient (Wildman–Crippen LogP) is 1.32. The van der Waals surface area contributed by atoms with E-state index >= 15 is 0 Å². The van der Waals surface area contributed by atoms with Gasteiger partial charge in [-0.2, -0.15) is 0 Å². The highest BCUT2D eigenvalue weighted by Crippen LogP contribution is 2.00. The van der Waals surface area contributed by atoms with Crippen molar-refractivity contribution in [2.45, 2.75) is 14.4 Å². The highest BCUT2D eigenvalue weighted by Gasteiger charge is 2.03. The van der Waals surface area contributed by atoms with Gasteiger partial charge in [0.25, 0.3) is 0 Å². The molecule has 1 aliphatic heterocycles. The second kappa shape index (κ2) is 3.38. The Morgan fingerprint density at radius 2 is 2.11 bits per heavy atom. The maximum Gasteiger partial charge on any atom is 0.0890 e. The molecule has 0 fully saturated rings. The average molecular weight is 128 g/mol. The van der Waals surface area contributed by atoms with Crippen LogP contribution in [0.2, 0.25) is 0 Å². The Morgan fingerprint density at radius 3 is 2.33 bits per heavy atom. The first-order valence-corrected chi connectivity index (χ1v) is 2.95. The van der Waals surface area contributed by atoms with Crippen LogP contribution in [0.25, 0.3) is 0 Å². The predicted molar refractivity (Wildman–Crippen MR) is 40.9 cm³/mol. The highest BCUT2D eigenvalue weighted by atomic mass is 15.3. The zero-order chi connectivity index (χ0) is 5.98. The van der Waals surface area contributed by atoms with E-state index in [-0.39, 0.29) is 7.43 Å². The van der Waals surface area contributed by atoms with Gasteiger partial charge in [0.2, 0.25) is 0 Å². The lowest BCUT2D eigenvalue weighted by molar-refractivity contribution is 0.308. The fraction of sp³-hybridized carbons (Fsp3) is 0.714. The van der Waals surface area contributed by atoms with Crippen molar-refractivity contribution in [1.29, 1.82) is 0 Å². The molecule has 0 aromatic heterocycles. The molecule has 0 saturated heterocycles. The molecule has 1 heterocycles. The van der Waals surface area contributed by atoms with E-state index in [0.29, 0.717) is 0 Å². The topological polar surface area (TPSA) is 6.48 Å². The Morgan fingerprint density at radius 1 is 1.44 bits per heavy atom. The summed E-state index contributed by atoms with van der Waals surface area (Å²) in [4.78, 5) is 4.41. The zero-order valence-electron chi connectivity index (χ0n) is 5.46. The zero-order valence-corrected chi connectivity index (χ0v) is 5.46. The van der Waals surface area contributed by atoms with Gasteiger partial charge in [-0.15, -0.1) is 0 Å². The molecule has 1 rings (SSSR count). The minimum atomic E-state index is 0. The Kier molecular flexibility index (Phi) is 3.13. The molecular weight excluding hydrogens is 112 g/mol. The average Bonchev–Trinajstić information content (AvgIpc) is 2.14. The molecule has 0 radical (unpaired) electrons. The van der Waals surface area contributed by atoms with Crippen molar-refractivity contribution in [2.75, 3.05) is 20.3 Å². The van der Waals surface area contributed by atoms with Gasteiger partial charge in [0, 0.05) is 26.0 Å². The van der Waals surface area contributed by atoms with Gasteiger partial charge in [-0.3, -0.25) is 0 Å². The van der Waals surface area contributed by atoms with Crippen LogP contribution in [-0.4, -0.2) is 30.1 Å². The fourth-order valence-corrected chi connectivity index (χ4v) is 0.794. The molecule has 0 spiro atoms. The molecular formula is C7H16N2. The quantitative estimate of drug-likeness (QED) is 0.525. The van der Waals surface area contributed by atoms with Crippen molar-refractivity contribution in [3.8, 4) is 0 Å². The first-order chi connectivity index (χ1) is 3.83. The molecule has 2 heteroatoms. The molecule has 0 aromatic carbocycles. The van der Waals surface area contributed by atoms with E-state index in [1.165, 1.54) is 0 Å². The van der Waals surface area contributed by atoms with E-state index in [2.05, 4.69) is 36.2 Å². The van der Waals surface area contributed by atoms with Gasteiger partial charge in [0.1, 0.15) is 0 Å². The van der Waals surface area contributed by atoms with Crippen LogP contribution in [0.15, 0.2) is 12.4 Å². The van der Waals surface area contributed by atoms with Crippen molar-refractivity contribution in [2.24, 2.45) is 0 Å². The molecule has 0 unspecified atom stereocenters. The first kappa shape index (κ1) is 8.34. The molecule has 0 aromatic rings. The molecule has 9 heavy (non-hydrogen) atoms. The second-order valence-electron chi connectivity index (χ2n) is 2.10. The molecule has 0 aliphatic carbocycles. The molecule has 54 valence electrons. The van der Waals surface area contributed by atoms with Crippen molar-refractivity contribution in [1.82, 2.24) is 9.80 Å². The van der Waals surface area contributed by atoms with Crippen LogP contribution >= 0.6 is 0 Å². The molecule has 0 atom stereocenters. The number of hydrogen-bond acceptors (Lipinski definition) is 2. The summed E-state index contributed by atoms with van der Waals surface area (Å²) in [7, 11) is 2.08. The van der Waals surface area contributed by atoms with Crippen LogP contribution in [0.5, 0.6) is 0 Å². The summed E-state index contributed by atoms with van der Waals surface area (Å²) in [6, 6.07) is 0. The number of nitrogens with zero attached hydrogens (tertiary/aromatic N) is 2. The van der Waals surface area contributed by atoms with Crippen LogP contribution in [0.3, 0.4) is 0 Å². The van der Waals surface area contributed by atoms with E-state index in [1.807, 2.05) is 0 Å². The number of hydrogen-bond donors (Lipinski definition) is 0. The molecule has 1 aliphatic rings. The Balaban J connectivity index is 0.000000640. The van der Waals surface area contributed by atoms with E-state index < -0.39 is 0 Å². The minimum absolute atomic E-state index is 0. The summed E-state index contributed by atoms with van der Waals surface area (Å²) in [6.45, 7) is 4.32. The van der Waals surface area contributed by atoms with E-state index in [9.17, 15) is 0 Å². The molecule has 0 N–H and O–H groups in total. The summed E-state index contributed by atoms with van der Waals surface area (Å²) in [5.74, 6) is 0. The van der Waals surface area contributed by atoms with E-state index in [4.69, 9.17) is 0 Å². The third-order valence-electron chi connectivity index (χ3n) is 1.34. The van der Waals surface area contributed by atoms with Gasteiger partial charge in [0.05, 0.1) is 6.67 Å². The Bertz CT molecular complexity index is 99.1. The van der Waals surface area contributed by atoms with Gasteiger partial charge in [-0.25, -0.2) is 0 Å². The summed E-state index contributed by atoms with van der Waals surface area (Å²) >= 11 is 0. The molecule has 0 bridgehead atoms. The van der Waals surface area contributed by atoms with Crippen LogP contribution in [-0.2, 0) is 0 Å². The van der Waals surface area contributed by atoms with E-state index in [0.717, 1.165) is 13.2 Å². The second-order valence-corrected chi connectivity index (χ2v) is 2.10. The van der Waals surface area contributed by atoms with Crippen molar-refractivity contribution in [3.63, 3.8) is 0 Å². The smallest absolute Gasteiger partial charge is 0.0890 e. The molecule has 0 amide bonds. The van der Waals surface area contributed by atoms with Crippen molar-refractivity contribution < 1.29 is 0 Å². The minimum Gasteiger partial charge on any atom is -0.362 e. The van der Waals surface area contributed by atoms with Gasteiger partial charge in [-0.05, 0) is 6.92 Å². The number of rotatable bonds is 1. The normalized spacial score (nSPS) is 16.2. The lowest BCUT2D eigenvalue weighted by Gasteiger charge is -2.14. The summed E-state index contributed by atoms with van der Waals surface area (Å²) in [5, 5.41) is 0. The van der Waals surface area contributed by atoms with Crippen LogP contribution in [0.4, 0.5) is 0 Å². The SMILES string of the molecule is C.CCN1C=CN(C)C1. The van der Waals surface area contributed by atoms with Gasteiger partial charge < -0.3 is 9.80 Å². The Hall–Kier alpha value is -0.660. The van der Waals surface area contributed by atoms with Gasteiger partial charge >= 0.3 is 0 Å². The maximum absolute atomic E-state index is 2.25. The monoisotopic (exact) mass is 128 g/mol. The summed E-state index contributed by atoms with van der Waals surface area (Å²) in [5.41, 5.74) is 0. The molecule has 2 nitrogen and oxygen atoms in total. The summed E-state index contributed by atoms with van der Waals surface area (Å²) in [6.07, 6.45) is 4.20. The lowest BCUT2D eigenvalue weighted by Crippen LogP contribution is -2.21. The summed E-state index contributed by atoms with van der Waals surface area (Å²) < 4.78 is 0. The molecule has 0 saturated carbocycles. The first-order valence-electron chi connectivity index (χ1n) is 2.95.